The zero-order valence-corrected chi connectivity index (χ0v) is 13.3. The Bertz CT molecular complexity index is 590. The van der Waals surface area contributed by atoms with Crippen LogP contribution in [-0.4, -0.2) is 16.5 Å². The fourth-order valence-electron chi connectivity index (χ4n) is 2.18. The first-order valence-electron chi connectivity index (χ1n) is 7.44. The van der Waals surface area contributed by atoms with Gasteiger partial charge in [0.05, 0.1) is 0 Å². The van der Waals surface area contributed by atoms with Crippen molar-refractivity contribution in [2.24, 2.45) is 0 Å². The van der Waals surface area contributed by atoms with E-state index in [2.05, 4.69) is 48.9 Å². The molecule has 0 saturated carbocycles. The first-order chi connectivity index (χ1) is 9.99. The van der Waals surface area contributed by atoms with E-state index in [-0.39, 0.29) is 0 Å². The van der Waals surface area contributed by atoms with Crippen LogP contribution < -0.4 is 10.6 Å². The maximum Gasteiger partial charge on any atom is 0.226 e. The summed E-state index contributed by atoms with van der Waals surface area (Å²) in [7, 11) is 0. The van der Waals surface area contributed by atoms with E-state index in [0.29, 0.717) is 5.92 Å². The van der Waals surface area contributed by atoms with Crippen molar-refractivity contribution in [3.63, 3.8) is 0 Å². The summed E-state index contributed by atoms with van der Waals surface area (Å²) in [5.74, 6) is 1.21. The summed E-state index contributed by atoms with van der Waals surface area (Å²) >= 11 is 0. The normalized spacial score (nSPS) is 10.9. The van der Waals surface area contributed by atoms with Gasteiger partial charge in [-0.05, 0) is 43.5 Å². The summed E-state index contributed by atoms with van der Waals surface area (Å²) in [6.45, 7) is 10.1. The lowest BCUT2D eigenvalue weighted by Gasteiger charge is -2.22. The third kappa shape index (κ3) is 3.94. The van der Waals surface area contributed by atoms with Crippen molar-refractivity contribution in [1.29, 1.82) is 0 Å². The van der Waals surface area contributed by atoms with Gasteiger partial charge in [-0.2, -0.15) is 0 Å². The molecule has 0 saturated heterocycles. The molecule has 1 aromatic carbocycles. The van der Waals surface area contributed by atoms with Crippen LogP contribution in [0.3, 0.4) is 0 Å². The van der Waals surface area contributed by atoms with Gasteiger partial charge in [-0.3, -0.25) is 0 Å². The molecule has 1 aromatic heterocycles. The molecule has 0 aliphatic rings. The maximum atomic E-state index is 5.74. The Kier molecular flexibility index (Phi) is 4.78. The van der Waals surface area contributed by atoms with Crippen LogP contribution in [0.25, 0.3) is 0 Å². The van der Waals surface area contributed by atoms with E-state index in [1.54, 1.807) is 0 Å². The number of hydrogen-bond acceptors (Lipinski definition) is 4. The van der Waals surface area contributed by atoms with Gasteiger partial charge in [-0.1, -0.05) is 26.0 Å². The highest BCUT2D eigenvalue weighted by Gasteiger charge is 2.12. The molecular weight excluding hydrogens is 260 g/mol. The molecule has 0 radical (unpaired) electrons. The van der Waals surface area contributed by atoms with Crippen LogP contribution in [0.15, 0.2) is 30.3 Å². The van der Waals surface area contributed by atoms with Gasteiger partial charge in [0.15, 0.2) is 0 Å². The summed E-state index contributed by atoms with van der Waals surface area (Å²) in [6.07, 6.45) is 0. The van der Waals surface area contributed by atoms with Gasteiger partial charge in [0.1, 0.15) is 0 Å². The van der Waals surface area contributed by atoms with E-state index in [1.165, 1.54) is 5.56 Å². The molecule has 112 valence electrons. The summed E-state index contributed by atoms with van der Waals surface area (Å²) in [5, 5.41) is 0. The zero-order valence-electron chi connectivity index (χ0n) is 13.3. The standard InChI is InChI=1S/C17H24N4/c1-5-21(11-14-6-8-15(18)9-7-14)17-19-13(4)10-16(20-17)12(2)3/h6-10,12H,5,11,18H2,1-4H3. The molecule has 0 bridgehead atoms. The van der Waals surface area contributed by atoms with Crippen LogP contribution in [0.5, 0.6) is 0 Å². The van der Waals surface area contributed by atoms with Crippen molar-refractivity contribution >= 4 is 11.6 Å². The van der Waals surface area contributed by atoms with Crippen molar-refractivity contribution in [2.45, 2.75) is 40.2 Å². The van der Waals surface area contributed by atoms with E-state index in [0.717, 1.165) is 36.1 Å². The van der Waals surface area contributed by atoms with E-state index < -0.39 is 0 Å². The van der Waals surface area contributed by atoms with Crippen LogP contribution in [0.1, 0.15) is 43.6 Å². The Morgan fingerprint density at radius 3 is 2.38 bits per heavy atom. The van der Waals surface area contributed by atoms with Crippen molar-refractivity contribution in [2.75, 3.05) is 17.2 Å². The fraction of sp³-hybridized carbons (Fsp3) is 0.412. The highest BCUT2D eigenvalue weighted by molar-refractivity contribution is 5.41. The predicted octanol–water partition coefficient (Wildman–Crippen LogP) is 3.52. The molecule has 0 unspecified atom stereocenters. The Balaban J connectivity index is 2.26. The first-order valence-corrected chi connectivity index (χ1v) is 7.44. The SMILES string of the molecule is CCN(Cc1ccc(N)cc1)c1nc(C)cc(C(C)C)n1. The second kappa shape index (κ2) is 6.57. The monoisotopic (exact) mass is 284 g/mol. The number of nitrogens with zero attached hydrogens (tertiary/aromatic N) is 3. The van der Waals surface area contributed by atoms with Gasteiger partial charge >= 0.3 is 0 Å². The minimum atomic E-state index is 0.403. The maximum absolute atomic E-state index is 5.74. The Hall–Kier alpha value is -2.10. The van der Waals surface area contributed by atoms with Crippen LogP contribution in [0, 0.1) is 6.92 Å². The number of nitrogen functional groups attached to an aromatic ring is 1. The molecule has 0 spiro atoms. The lowest BCUT2D eigenvalue weighted by molar-refractivity contribution is 0.753. The van der Waals surface area contributed by atoms with Crippen molar-refractivity contribution < 1.29 is 0 Å². The highest BCUT2D eigenvalue weighted by atomic mass is 15.2. The van der Waals surface area contributed by atoms with Gasteiger partial charge in [-0.25, -0.2) is 9.97 Å². The molecule has 0 aliphatic heterocycles. The lowest BCUT2D eigenvalue weighted by atomic mass is 10.1. The topological polar surface area (TPSA) is 55.0 Å². The van der Waals surface area contributed by atoms with Crippen LogP contribution in [0.2, 0.25) is 0 Å². The number of hydrogen-bond donors (Lipinski definition) is 1. The molecule has 21 heavy (non-hydrogen) atoms. The summed E-state index contributed by atoms with van der Waals surface area (Å²) < 4.78 is 0. The fourth-order valence-corrected chi connectivity index (χ4v) is 2.18. The average Bonchev–Trinajstić information content (AvgIpc) is 2.46. The van der Waals surface area contributed by atoms with Crippen LogP contribution in [0.4, 0.5) is 11.6 Å². The Labute approximate surface area is 127 Å². The van der Waals surface area contributed by atoms with Crippen molar-refractivity contribution in [3.8, 4) is 0 Å². The predicted molar refractivity (Wildman–Crippen MR) is 88.4 cm³/mol. The van der Waals surface area contributed by atoms with Gasteiger partial charge in [-0.15, -0.1) is 0 Å². The van der Waals surface area contributed by atoms with Gasteiger partial charge < -0.3 is 10.6 Å². The largest absolute Gasteiger partial charge is 0.399 e. The molecule has 4 nitrogen and oxygen atoms in total. The zero-order chi connectivity index (χ0) is 15.4. The smallest absolute Gasteiger partial charge is 0.226 e. The number of anilines is 2. The van der Waals surface area contributed by atoms with Gasteiger partial charge in [0.2, 0.25) is 5.95 Å². The Morgan fingerprint density at radius 2 is 1.81 bits per heavy atom. The summed E-state index contributed by atoms with van der Waals surface area (Å²) in [6, 6.07) is 10.0. The van der Waals surface area contributed by atoms with Crippen LogP contribution >= 0.6 is 0 Å². The summed E-state index contributed by atoms with van der Waals surface area (Å²) in [5.41, 5.74) is 9.84. The molecular formula is C17H24N4. The number of aryl methyl sites for hydroxylation is 1. The van der Waals surface area contributed by atoms with Gasteiger partial charge in [0.25, 0.3) is 0 Å². The molecule has 4 heteroatoms. The highest BCUT2D eigenvalue weighted by Crippen LogP contribution is 2.18. The van der Waals surface area contributed by atoms with Crippen molar-refractivity contribution in [3.05, 3.63) is 47.3 Å². The molecule has 2 rings (SSSR count). The van der Waals surface area contributed by atoms with E-state index in [9.17, 15) is 0 Å². The summed E-state index contributed by atoms with van der Waals surface area (Å²) in [4.78, 5) is 11.5. The molecule has 0 fully saturated rings. The minimum Gasteiger partial charge on any atom is -0.399 e. The molecule has 0 aliphatic carbocycles. The number of nitrogens with two attached hydrogens (primary N) is 1. The number of benzene rings is 1. The quantitative estimate of drug-likeness (QED) is 0.854. The average molecular weight is 284 g/mol. The van der Waals surface area contributed by atoms with E-state index in [4.69, 9.17) is 10.7 Å². The lowest BCUT2D eigenvalue weighted by Crippen LogP contribution is -2.25. The minimum absolute atomic E-state index is 0.403. The molecule has 0 amide bonds. The molecule has 2 aromatic rings. The second-order valence-corrected chi connectivity index (χ2v) is 5.64. The van der Waals surface area contributed by atoms with Crippen LogP contribution in [-0.2, 0) is 6.54 Å². The molecule has 2 N–H and O–H groups in total. The number of aromatic nitrogens is 2. The molecule has 1 heterocycles. The molecule has 0 atom stereocenters. The third-order valence-electron chi connectivity index (χ3n) is 3.47. The first kappa shape index (κ1) is 15.3. The number of rotatable bonds is 5. The van der Waals surface area contributed by atoms with E-state index >= 15 is 0 Å². The second-order valence-electron chi connectivity index (χ2n) is 5.64. The van der Waals surface area contributed by atoms with E-state index in [1.807, 2.05) is 19.1 Å². The van der Waals surface area contributed by atoms with Crippen molar-refractivity contribution in [1.82, 2.24) is 9.97 Å². The van der Waals surface area contributed by atoms with Gasteiger partial charge in [0, 0.05) is 30.2 Å². The Morgan fingerprint density at radius 1 is 1.14 bits per heavy atom. The third-order valence-corrected chi connectivity index (χ3v) is 3.47.